The van der Waals surface area contributed by atoms with Crippen LogP contribution >= 0.6 is 0 Å². The van der Waals surface area contributed by atoms with Gasteiger partial charge in [0.05, 0.1) is 16.7 Å². The second kappa shape index (κ2) is 11.4. The van der Waals surface area contributed by atoms with E-state index in [-0.39, 0.29) is 21.1 Å². The number of nitrogens with zero attached hydrogens (tertiary/aromatic N) is 5. The first kappa shape index (κ1) is 28.0. The van der Waals surface area contributed by atoms with Crippen molar-refractivity contribution in [3.05, 3.63) is 164 Å². The van der Waals surface area contributed by atoms with Gasteiger partial charge in [-0.1, -0.05) is 96.3 Å². The van der Waals surface area contributed by atoms with Gasteiger partial charge in [-0.05, 0) is 40.3 Å². The van der Waals surface area contributed by atoms with Gasteiger partial charge >= 0.3 is 21.1 Å². The van der Waals surface area contributed by atoms with E-state index in [1.165, 1.54) is 10.8 Å². The Morgan fingerprint density at radius 1 is 0.457 bits per heavy atom. The van der Waals surface area contributed by atoms with E-state index in [4.69, 9.17) is 10.2 Å². The molecule has 0 aliphatic heterocycles. The molecular weight excluding hydrogens is 746 g/mol. The molecule has 0 bridgehead atoms. The molecule has 0 amide bonds. The summed E-state index contributed by atoms with van der Waals surface area (Å²) in [5.74, 6) is 0. The molecule has 5 nitrogen and oxygen atoms in total. The van der Waals surface area contributed by atoms with Crippen LogP contribution < -0.4 is 4.90 Å². The van der Waals surface area contributed by atoms with Crippen LogP contribution in [0.15, 0.2) is 152 Å². The molecule has 6 heteroatoms. The molecule has 0 saturated carbocycles. The summed E-state index contributed by atoms with van der Waals surface area (Å²) in [5.41, 5.74) is 6.43. The molecule has 0 aliphatic carbocycles. The second-order valence-corrected chi connectivity index (χ2v) is 11.1. The average Bonchev–Trinajstić information content (AvgIpc) is 3.74. The Hall–Kier alpha value is -5.51. The summed E-state index contributed by atoms with van der Waals surface area (Å²) in [4.78, 5) is 2.27. The molecular formula is C40H25N5Pt. The summed E-state index contributed by atoms with van der Waals surface area (Å²) in [7, 11) is 0. The number of aromatic nitrogens is 4. The van der Waals surface area contributed by atoms with E-state index in [1.54, 1.807) is 0 Å². The van der Waals surface area contributed by atoms with Gasteiger partial charge in [0.15, 0.2) is 0 Å². The van der Waals surface area contributed by atoms with Crippen LogP contribution in [0.25, 0.3) is 54.7 Å². The monoisotopic (exact) mass is 770 g/mol. The molecule has 220 valence electrons. The maximum Gasteiger partial charge on any atom is 2.00 e. The zero-order chi connectivity index (χ0) is 29.7. The molecule has 0 atom stereocenters. The van der Waals surface area contributed by atoms with E-state index in [0.717, 1.165) is 61.0 Å². The summed E-state index contributed by atoms with van der Waals surface area (Å²) in [6.45, 7) is 0. The van der Waals surface area contributed by atoms with Gasteiger partial charge in [-0.25, -0.2) is 0 Å². The summed E-state index contributed by atoms with van der Waals surface area (Å²) in [6.07, 6.45) is 4.11. The molecule has 7 aromatic carbocycles. The third kappa shape index (κ3) is 4.77. The summed E-state index contributed by atoms with van der Waals surface area (Å²) in [5, 5.41) is 16.5. The third-order valence-electron chi connectivity index (χ3n) is 8.30. The Kier molecular flexibility index (Phi) is 6.97. The van der Waals surface area contributed by atoms with Gasteiger partial charge < -0.3 is 4.90 Å². The smallest absolute Gasteiger partial charge is 0.357 e. The largest absolute Gasteiger partial charge is 2.00 e. The SMILES string of the molecule is [Pt+2].[c-]1c(N(c2[c-]c(-n3cc4ccccc4n3)ccc2)c2c3ccccc3cc3ccccc23)cccc1-n1cc2ccccc2n1. The number of anilines is 3. The summed E-state index contributed by atoms with van der Waals surface area (Å²) < 4.78 is 3.81. The van der Waals surface area contributed by atoms with Crippen molar-refractivity contribution in [3.8, 4) is 11.4 Å². The van der Waals surface area contributed by atoms with E-state index in [2.05, 4.69) is 120 Å². The minimum absolute atomic E-state index is 0. The molecule has 0 N–H and O–H groups in total. The molecule has 9 aromatic rings. The number of benzene rings is 7. The van der Waals surface area contributed by atoms with Crippen LogP contribution in [0.1, 0.15) is 0 Å². The van der Waals surface area contributed by atoms with Crippen molar-refractivity contribution in [3.63, 3.8) is 0 Å². The standard InChI is InChI=1S/C40H25N5.Pt/c1-5-19-36-28(11-1)23-29-12-2-6-20-37(29)40(36)45(34-17-9-15-32(24-34)43-26-30-13-3-7-21-38(30)41-43)35-18-10-16-33(25-35)44-27-31-14-4-8-22-39(31)42-44;/h1-23,26-27H;/q-2;+2. The van der Waals surface area contributed by atoms with Crippen molar-refractivity contribution >= 4 is 60.4 Å². The predicted octanol–water partition coefficient (Wildman–Crippen LogP) is 9.74. The fourth-order valence-corrected chi connectivity index (χ4v) is 6.20. The van der Waals surface area contributed by atoms with Crippen LogP contribution in [0.5, 0.6) is 0 Å². The number of rotatable bonds is 5. The Balaban J connectivity index is 0.00000312. The van der Waals surface area contributed by atoms with Crippen molar-refractivity contribution in [2.24, 2.45) is 0 Å². The predicted molar refractivity (Wildman–Crippen MR) is 183 cm³/mol. The van der Waals surface area contributed by atoms with E-state index in [0.29, 0.717) is 0 Å². The fraction of sp³-hybridized carbons (Fsp3) is 0. The Labute approximate surface area is 280 Å². The third-order valence-corrected chi connectivity index (χ3v) is 8.30. The molecule has 9 rings (SSSR count). The van der Waals surface area contributed by atoms with Crippen LogP contribution in [-0.4, -0.2) is 19.6 Å². The van der Waals surface area contributed by atoms with Gasteiger partial charge in [0, 0.05) is 33.9 Å². The van der Waals surface area contributed by atoms with E-state index >= 15 is 0 Å². The normalized spacial score (nSPS) is 11.3. The topological polar surface area (TPSA) is 38.9 Å². The van der Waals surface area contributed by atoms with E-state index < -0.39 is 0 Å². The molecule has 2 heterocycles. The molecule has 0 aliphatic rings. The van der Waals surface area contributed by atoms with Crippen LogP contribution in [-0.2, 0) is 21.1 Å². The van der Waals surface area contributed by atoms with Crippen molar-refractivity contribution in [1.29, 1.82) is 0 Å². The van der Waals surface area contributed by atoms with Crippen LogP contribution in [0.3, 0.4) is 0 Å². The molecule has 2 aromatic heterocycles. The van der Waals surface area contributed by atoms with E-state index in [1.807, 2.05) is 57.9 Å². The second-order valence-electron chi connectivity index (χ2n) is 11.1. The molecule has 46 heavy (non-hydrogen) atoms. The summed E-state index contributed by atoms with van der Waals surface area (Å²) in [6, 6.07) is 55.6. The van der Waals surface area contributed by atoms with Crippen LogP contribution in [0.4, 0.5) is 17.1 Å². The van der Waals surface area contributed by atoms with Gasteiger partial charge in [-0.15, -0.1) is 36.4 Å². The van der Waals surface area contributed by atoms with Crippen molar-refractivity contribution in [1.82, 2.24) is 19.6 Å². The first-order chi connectivity index (χ1) is 22.3. The van der Waals surface area contributed by atoms with Crippen LogP contribution in [0, 0.1) is 12.1 Å². The quantitative estimate of drug-likeness (QED) is 0.129. The van der Waals surface area contributed by atoms with Crippen molar-refractivity contribution in [2.45, 2.75) is 0 Å². The maximum atomic E-state index is 4.85. The van der Waals surface area contributed by atoms with E-state index in [9.17, 15) is 0 Å². The zero-order valence-electron chi connectivity index (χ0n) is 24.5. The van der Waals surface area contributed by atoms with Gasteiger partial charge in [-0.2, -0.15) is 22.3 Å². The van der Waals surface area contributed by atoms with Gasteiger partial charge in [-0.3, -0.25) is 9.36 Å². The maximum absolute atomic E-state index is 4.85. The molecule has 0 fully saturated rings. The van der Waals surface area contributed by atoms with Gasteiger partial charge in [0.2, 0.25) is 0 Å². The molecule has 0 saturated heterocycles. The molecule has 0 radical (unpaired) electrons. The number of hydrogen-bond donors (Lipinski definition) is 0. The first-order valence-corrected chi connectivity index (χ1v) is 14.9. The van der Waals surface area contributed by atoms with Crippen molar-refractivity contribution < 1.29 is 21.1 Å². The Morgan fingerprint density at radius 3 is 1.37 bits per heavy atom. The number of hydrogen-bond acceptors (Lipinski definition) is 3. The molecule has 0 spiro atoms. The molecule has 0 unspecified atom stereocenters. The zero-order valence-corrected chi connectivity index (χ0v) is 26.8. The number of fused-ring (bicyclic) bond motifs is 4. The van der Waals surface area contributed by atoms with Gasteiger partial charge in [0.25, 0.3) is 0 Å². The Morgan fingerprint density at radius 2 is 0.891 bits per heavy atom. The van der Waals surface area contributed by atoms with Gasteiger partial charge in [0.1, 0.15) is 0 Å². The Bertz CT molecular complexity index is 2290. The minimum Gasteiger partial charge on any atom is -0.357 e. The fourth-order valence-electron chi connectivity index (χ4n) is 6.20. The first-order valence-electron chi connectivity index (χ1n) is 14.9. The van der Waals surface area contributed by atoms with Crippen LogP contribution in [0.2, 0.25) is 0 Å². The van der Waals surface area contributed by atoms with Crippen molar-refractivity contribution in [2.75, 3.05) is 4.90 Å². The average molecular weight is 771 g/mol. The minimum atomic E-state index is 0. The summed E-state index contributed by atoms with van der Waals surface area (Å²) >= 11 is 0.